The molecule has 0 amide bonds. The second kappa shape index (κ2) is 8.82. The van der Waals surface area contributed by atoms with Crippen LogP contribution < -0.4 is 9.47 Å². The van der Waals surface area contributed by atoms with E-state index in [1.165, 1.54) is 31.4 Å². The minimum absolute atomic E-state index is 0.0705. The lowest BCUT2D eigenvalue weighted by Crippen LogP contribution is -2.10. The first-order chi connectivity index (χ1) is 12.8. The summed E-state index contributed by atoms with van der Waals surface area (Å²) >= 11 is 3.35. The third kappa shape index (κ3) is 5.05. The molecular formula is C18H13BrN2O6. The van der Waals surface area contributed by atoms with E-state index < -0.39 is 17.5 Å². The van der Waals surface area contributed by atoms with E-state index in [4.69, 9.17) is 14.6 Å². The summed E-state index contributed by atoms with van der Waals surface area (Å²) in [4.78, 5) is 20.9. The largest absolute Gasteiger partial charge is 0.493 e. The number of carbonyl (C=O) groups is 1. The molecule has 0 heterocycles. The van der Waals surface area contributed by atoms with Gasteiger partial charge in [-0.25, -0.2) is 4.79 Å². The number of ether oxygens (including phenoxy) is 2. The molecule has 0 fully saturated rings. The predicted octanol–water partition coefficient (Wildman–Crippen LogP) is 3.89. The van der Waals surface area contributed by atoms with Gasteiger partial charge in [-0.2, -0.15) is 5.26 Å². The van der Waals surface area contributed by atoms with Gasteiger partial charge in [0.25, 0.3) is 5.69 Å². The molecule has 27 heavy (non-hydrogen) atoms. The lowest BCUT2D eigenvalue weighted by Gasteiger charge is -2.12. The second-order valence-electron chi connectivity index (χ2n) is 5.18. The maximum absolute atomic E-state index is 10.7. The Morgan fingerprint density at radius 2 is 2.00 bits per heavy atom. The van der Waals surface area contributed by atoms with Crippen LogP contribution in [0.4, 0.5) is 5.69 Å². The zero-order valence-electron chi connectivity index (χ0n) is 14.0. The van der Waals surface area contributed by atoms with Crippen LogP contribution in [0.2, 0.25) is 0 Å². The summed E-state index contributed by atoms with van der Waals surface area (Å²) in [5.41, 5.74) is 1.32. The molecule has 2 aromatic carbocycles. The number of nitriles is 1. The van der Waals surface area contributed by atoms with Gasteiger partial charge < -0.3 is 14.6 Å². The summed E-state index contributed by atoms with van der Waals surface area (Å²) in [7, 11) is 1.41. The van der Waals surface area contributed by atoms with Gasteiger partial charge in [0.1, 0.15) is 0 Å². The lowest BCUT2D eigenvalue weighted by molar-refractivity contribution is -0.384. The molecule has 138 valence electrons. The highest BCUT2D eigenvalue weighted by Crippen LogP contribution is 2.35. The number of benzene rings is 2. The average molecular weight is 433 g/mol. The maximum Gasteiger partial charge on any atom is 0.341 e. The summed E-state index contributed by atoms with van der Waals surface area (Å²) < 4.78 is 10.9. The van der Waals surface area contributed by atoms with E-state index >= 15 is 0 Å². The van der Waals surface area contributed by atoms with Crippen LogP contribution in [-0.4, -0.2) is 29.7 Å². The predicted molar refractivity (Wildman–Crippen MR) is 100 cm³/mol. The van der Waals surface area contributed by atoms with Crippen molar-refractivity contribution in [2.24, 2.45) is 0 Å². The van der Waals surface area contributed by atoms with E-state index in [0.717, 1.165) is 0 Å². The van der Waals surface area contributed by atoms with Gasteiger partial charge >= 0.3 is 5.97 Å². The normalized spacial score (nSPS) is 10.8. The fourth-order valence-corrected chi connectivity index (χ4v) is 2.61. The molecule has 0 aliphatic heterocycles. The number of allylic oxidation sites excluding steroid dienone is 1. The minimum Gasteiger partial charge on any atom is -0.493 e. The number of aliphatic carboxylic acids is 1. The number of non-ortho nitro benzene ring substituents is 1. The molecule has 0 bridgehead atoms. The van der Waals surface area contributed by atoms with Crippen molar-refractivity contribution in [3.8, 4) is 17.6 Å². The summed E-state index contributed by atoms with van der Waals surface area (Å²) in [6.45, 7) is -0.524. The van der Waals surface area contributed by atoms with Crippen molar-refractivity contribution in [1.82, 2.24) is 0 Å². The van der Waals surface area contributed by atoms with Gasteiger partial charge in [-0.05, 0) is 41.5 Å². The van der Waals surface area contributed by atoms with Crippen LogP contribution in [0.15, 0.2) is 40.9 Å². The number of hydrogen-bond donors (Lipinski definition) is 1. The van der Waals surface area contributed by atoms with E-state index in [1.807, 2.05) is 0 Å². The van der Waals surface area contributed by atoms with Crippen LogP contribution in [0.25, 0.3) is 11.6 Å². The third-order valence-electron chi connectivity index (χ3n) is 3.44. The van der Waals surface area contributed by atoms with Crippen LogP contribution in [-0.2, 0) is 4.79 Å². The number of nitro groups is 1. The summed E-state index contributed by atoms with van der Waals surface area (Å²) in [5.74, 6) is -0.591. The van der Waals surface area contributed by atoms with Crippen molar-refractivity contribution >= 4 is 39.2 Å². The zero-order valence-corrected chi connectivity index (χ0v) is 15.6. The van der Waals surface area contributed by atoms with Gasteiger partial charge in [0.15, 0.2) is 18.1 Å². The van der Waals surface area contributed by atoms with Gasteiger partial charge in [-0.3, -0.25) is 10.1 Å². The van der Waals surface area contributed by atoms with Crippen molar-refractivity contribution in [1.29, 1.82) is 5.26 Å². The van der Waals surface area contributed by atoms with E-state index in [2.05, 4.69) is 22.0 Å². The standard InChI is InChI=1S/C18H13BrN2O6/c1-26-16-7-12(15(19)8-17(16)27-10-18(22)23)6-13(9-20)11-2-4-14(5-3-11)21(24)25/h2-8H,10H2,1H3,(H,22,23)/b13-6-. The average Bonchev–Trinajstić information content (AvgIpc) is 2.65. The SMILES string of the molecule is COc1cc(/C=C(/C#N)c2ccc([N+](=O)[O-])cc2)c(Br)cc1OCC(=O)O. The van der Waals surface area contributed by atoms with Crippen molar-refractivity contribution in [3.63, 3.8) is 0 Å². The smallest absolute Gasteiger partial charge is 0.341 e. The molecular weight excluding hydrogens is 420 g/mol. The number of carboxylic acid groups (broad SMARTS) is 1. The van der Waals surface area contributed by atoms with Crippen molar-refractivity contribution in [2.45, 2.75) is 0 Å². The van der Waals surface area contributed by atoms with E-state index in [9.17, 15) is 20.2 Å². The van der Waals surface area contributed by atoms with Gasteiger partial charge in [0.05, 0.1) is 23.7 Å². The summed E-state index contributed by atoms with van der Waals surface area (Å²) in [6, 6.07) is 10.8. The first-order valence-electron chi connectivity index (χ1n) is 7.44. The molecule has 0 radical (unpaired) electrons. The first-order valence-corrected chi connectivity index (χ1v) is 8.23. The Morgan fingerprint density at radius 1 is 1.33 bits per heavy atom. The van der Waals surface area contributed by atoms with Crippen LogP contribution in [0.5, 0.6) is 11.5 Å². The summed E-state index contributed by atoms with van der Waals surface area (Å²) in [6.07, 6.45) is 1.58. The molecule has 8 nitrogen and oxygen atoms in total. The number of rotatable bonds is 7. The lowest BCUT2D eigenvalue weighted by atomic mass is 10.0. The molecule has 0 aromatic heterocycles. The monoisotopic (exact) mass is 432 g/mol. The Morgan fingerprint density at radius 3 is 2.52 bits per heavy atom. The Kier molecular flexibility index (Phi) is 6.51. The Labute approximate surface area is 162 Å². The minimum atomic E-state index is -1.12. The fraction of sp³-hybridized carbons (Fsp3) is 0.111. The Bertz CT molecular complexity index is 948. The highest BCUT2D eigenvalue weighted by molar-refractivity contribution is 9.10. The molecule has 1 N–H and O–H groups in total. The quantitative estimate of drug-likeness (QED) is 0.304. The van der Waals surface area contributed by atoms with Gasteiger partial charge in [0.2, 0.25) is 0 Å². The Balaban J connectivity index is 2.41. The second-order valence-corrected chi connectivity index (χ2v) is 6.04. The molecule has 0 spiro atoms. The highest BCUT2D eigenvalue weighted by Gasteiger charge is 2.13. The van der Waals surface area contributed by atoms with Crippen molar-refractivity contribution in [3.05, 3.63) is 62.1 Å². The topological polar surface area (TPSA) is 123 Å². The van der Waals surface area contributed by atoms with Gasteiger partial charge in [-0.15, -0.1) is 0 Å². The molecule has 0 aliphatic rings. The maximum atomic E-state index is 10.7. The van der Waals surface area contributed by atoms with Crippen LogP contribution in [0.1, 0.15) is 11.1 Å². The number of carboxylic acids is 1. The van der Waals surface area contributed by atoms with Crippen LogP contribution in [0.3, 0.4) is 0 Å². The fourth-order valence-electron chi connectivity index (χ4n) is 2.17. The molecule has 0 aliphatic carbocycles. The zero-order chi connectivity index (χ0) is 20.0. The van der Waals surface area contributed by atoms with Crippen LogP contribution in [0, 0.1) is 21.4 Å². The van der Waals surface area contributed by atoms with E-state index in [-0.39, 0.29) is 17.0 Å². The summed E-state index contributed by atoms with van der Waals surface area (Å²) in [5, 5.41) is 28.9. The molecule has 0 unspecified atom stereocenters. The Hall–Kier alpha value is -3.38. The van der Waals surface area contributed by atoms with Crippen molar-refractivity contribution in [2.75, 3.05) is 13.7 Å². The number of nitro benzene ring substituents is 1. The molecule has 2 aromatic rings. The van der Waals surface area contributed by atoms with Gasteiger partial charge in [0, 0.05) is 16.6 Å². The highest BCUT2D eigenvalue weighted by atomic mass is 79.9. The first kappa shape index (κ1) is 19.9. The number of methoxy groups -OCH3 is 1. The number of halogens is 1. The molecule has 0 atom stereocenters. The molecule has 0 saturated heterocycles. The van der Waals surface area contributed by atoms with Crippen molar-refractivity contribution < 1.29 is 24.3 Å². The van der Waals surface area contributed by atoms with E-state index in [1.54, 1.807) is 18.2 Å². The molecule has 2 rings (SSSR count). The molecule has 9 heteroatoms. The third-order valence-corrected chi connectivity index (χ3v) is 4.13. The van der Waals surface area contributed by atoms with Gasteiger partial charge in [-0.1, -0.05) is 15.9 Å². The number of hydrogen-bond acceptors (Lipinski definition) is 6. The molecule has 0 saturated carbocycles. The van der Waals surface area contributed by atoms with Crippen LogP contribution >= 0.6 is 15.9 Å². The number of nitrogens with zero attached hydrogens (tertiary/aromatic N) is 2. The van der Waals surface area contributed by atoms with E-state index in [0.29, 0.717) is 21.3 Å².